The van der Waals surface area contributed by atoms with Crippen LogP contribution in [0.4, 0.5) is 0 Å². The summed E-state index contributed by atoms with van der Waals surface area (Å²) < 4.78 is 0. The molecule has 1 fully saturated rings. The number of carbonyl (C=O) groups excluding carboxylic acids is 1. The summed E-state index contributed by atoms with van der Waals surface area (Å²) in [6.45, 7) is 12.3. The highest BCUT2D eigenvalue weighted by atomic mass is 16.2. The Labute approximate surface area is 124 Å². The third-order valence-corrected chi connectivity index (χ3v) is 4.13. The van der Waals surface area contributed by atoms with Gasteiger partial charge in [0.2, 0.25) is 5.91 Å². The number of hydrogen-bond acceptors (Lipinski definition) is 3. The summed E-state index contributed by atoms with van der Waals surface area (Å²) >= 11 is 0. The fraction of sp³-hybridized carbons (Fsp3) is 0.938. The summed E-state index contributed by atoms with van der Waals surface area (Å²) in [6, 6.07) is 0.823. The predicted molar refractivity (Wildman–Crippen MR) is 84.8 cm³/mol. The van der Waals surface area contributed by atoms with Crippen LogP contribution >= 0.6 is 0 Å². The Morgan fingerprint density at radius 1 is 1.35 bits per heavy atom. The van der Waals surface area contributed by atoms with Crippen molar-refractivity contribution in [1.82, 2.24) is 15.5 Å². The van der Waals surface area contributed by atoms with Crippen LogP contribution < -0.4 is 10.6 Å². The molecule has 1 heterocycles. The molecule has 1 aliphatic heterocycles. The van der Waals surface area contributed by atoms with Crippen LogP contribution in [0.5, 0.6) is 0 Å². The van der Waals surface area contributed by atoms with Gasteiger partial charge in [0, 0.05) is 18.6 Å². The van der Waals surface area contributed by atoms with E-state index < -0.39 is 0 Å². The molecule has 0 aromatic carbocycles. The third-order valence-electron chi connectivity index (χ3n) is 4.13. The van der Waals surface area contributed by atoms with Crippen molar-refractivity contribution in [3.63, 3.8) is 0 Å². The number of nitrogens with zero attached hydrogens (tertiary/aromatic N) is 1. The summed E-state index contributed by atoms with van der Waals surface area (Å²) in [6.07, 6.45) is 4.68. The molecule has 0 spiro atoms. The van der Waals surface area contributed by atoms with E-state index in [1.165, 1.54) is 12.8 Å². The lowest BCUT2D eigenvalue weighted by Gasteiger charge is -2.27. The first-order valence-electron chi connectivity index (χ1n) is 8.27. The largest absolute Gasteiger partial charge is 0.353 e. The van der Waals surface area contributed by atoms with Gasteiger partial charge in [-0.2, -0.15) is 0 Å². The molecule has 2 unspecified atom stereocenters. The average Bonchev–Trinajstić information content (AvgIpc) is 2.89. The van der Waals surface area contributed by atoms with E-state index in [1.807, 2.05) is 0 Å². The molecule has 0 aromatic rings. The van der Waals surface area contributed by atoms with Crippen LogP contribution in [0.1, 0.15) is 53.4 Å². The van der Waals surface area contributed by atoms with E-state index in [0.29, 0.717) is 18.6 Å². The zero-order chi connectivity index (χ0) is 15.0. The predicted octanol–water partition coefficient (Wildman–Crippen LogP) is 2.00. The first-order valence-corrected chi connectivity index (χ1v) is 8.27. The fourth-order valence-corrected chi connectivity index (χ4v) is 2.86. The molecule has 0 saturated carbocycles. The fourth-order valence-electron chi connectivity index (χ4n) is 2.86. The van der Waals surface area contributed by atoms with E-state index in [0.717, 1.165) is 38.4 Å². The lowest BCUT2D eigenvalue weighted by Crippen LogP contribution is -2.45. The Morgan fingerprint density at radius 3 is 2.65 bits per heavy atom. The molecule has 0 aliphatic carbocycles. The normalized spacial score (nSPS) is 20.6. The third kappa shape index (κ3) is 6.71. The molecule has 20 heavy (non-hydrogen) atoms. The standard InChI is InChI=1S/C16H33N3O/c1-5-19(15-9-10-17-11-15)12-16(20)18-14(4)8-6-7-13(2)3/h13-15,17H,5-12H2,1-4H3,(H,18,20). The highest BCUT2D eigenvalue weighted by molar-refractivity contribution is 5.78. The average molecular weight is 283 g/mol. The highest BCUT2D eigenvalue weighted by Crippen LogP contribution is 2.09. The molecule has 1 aliphatic rings. The van der Waals surface area contributed by atoms with Gasteiger partial charge in [-0.25, -0.2) is 0 Å². The molecule has 0 bridgehead atoms. The first-order chi connectivity index (χ1) is 9.52. The summed E-state index contributed by atoms with van der Waals surface area (Å²) in [5, 5.41) is 6.51. The Morgan fingerprint density at radius 2 is 2.10 bits per heavy atom. The van der Waals surface area contributed by atoms with Crippen molar-refractivity contribution >= 4 is 5.91 Å². The lowest BCUT2D eigenvalue weighted by molar-refractivity contribution is -0.123. The summed E-state index contributed by atoms with van der Waals surface area (Å²) in [4.78, 5) is 14.4. The maximum absolute atomic E-state index is 12.1. The number of hydrogen-bond donors (Lipinski definition) is 2. The van der Waals surface area contributed by atoms with Crippen molar-refractivity contribution in [2.45, 2.75) is 65.5 Å². The molecule has 1 amide bonds. The molecule has 0 radical (unpaired) electrons. The van der Waals surface area contributed by atoms with Gasteiger partial charge in [-0.1, -0.05) is 33.6 Å². The van der Waals surface area contributed by atoms with Crippen molar-refractivity contribution in [1.29, 1.82) is 0 Å². The van der Waals surface area contributed by atoms with E-state index in [-0.39, 0.29) is 5.91 Å². The van der Waals surface area contributed by atoms with Crippen LogP contribution in [0.3, 0.4) is 0 Å². The van der Waals surface area contributed by atoms with Gasteiger partial charge in [-0.3, -0.25) is 9.69 Å². The minimum Gasteiger partial charge on any atom is -0.353 e. The molecule has 0 aromatic heterocycles. The van der Waals surface area contributed by atoms with Crippen molar-refractivity contribution < 1.29 is 4.79 Å². The van der Waals surface area contributed by atoms with Gasteiger partial charge in [0.1, 0.15) is 0 Å². The van der Waals surface area contributed by atoms with Crippen LogP contribution in [0.25, 0.3) is 0 Å². The molecule has 4 heteroatoms. The van der Waals surface area contributed by atoms with E-state index in [1.54, 1.807) is 0 Å². The van der Waals surface area contributed by atoms with Crippen LogP contribution in [0, 0.1) is 5.92 Å². The van der Waals surface area contributed by atoms with Crippen molar-refractivity contribution in [3.05, 3.63) is 0 Å². The van der Waals surface area contributed by atoms with Crippen LogP contribution in [0.15, 0.2) is 0 Å². The number of nitrogens with one attached hydrogen (secondary N) is 2. The topological polar surface area (TPSA) is 44.4 Å². The second-order valence-corrected chi connectivity index (χ2v) is 6.50. The molecule has 1 saturated heterocycles. The highest BCUT2D eigenvalue weighted by Gasteiger charge is 2.23. The maximum atomic E-state index is 12.1. The van der Waals surface area contributed by atoms with E-state index in [9.17, 15) is 4.79 Å². The van der Waals surface area contributed by atoms with Gasteiger partial charge in [0.25, 0.3) is 0 Å². The minimum absolute atomic E-state index is 0.177. The zero-order valence-electron chi connectivity index (χ0n) is 13.7. The van der Waals surface area contributed by atoms with Gasteiger partial charge >= 0.3 is 0 Å². The van der Waals surface area contributed by atoms with Crippen LogP contribution in [-0.4, -0.2) is 49.1 Å². The quantitative estimate of drug-likeness (QED) is 0.680. The Bertz CT molecular complexity index is 275. The van der Waals surface area contributed by atoms with E-state index in [2.05, 4.69) is 43.2 Å². The summed E-state index contributed by atoms with van der Waals surface area (Å²) in [5.41, 5.74) is 0. The van der Waals surface area contributed by atoms with Crippen LogP contribution in [-0.2, 0) is 4.79 Å². The number of amides is 1. The minimum atomic E-state index is 0.177. The molecule has 2 N–H and O–H groups in total. The van der Waals surface area contributed by atoms with E-state index >= 15 is 0 Å². The smallest absolute Gasteiger partial charge is 0.234 e. The number of rotatable bonds is 9. The van der Waals surface area contributed by atoms with Gasteiger partial charge in [0.05, 0.1) is 6.54 Å². The van der Waals surface area contributed by atoms with Crippen LogP contribution in [0.2, 0.25) is 0 Å². The van der Waals surface area contributed by atoms with Gasteiger partial charge < -0.3 is 10.6 Å². The Hall–Kier alpha value is -0.610. The second-order valence-electron chi connectivity index (χ2n) is 6.50. The zero-order valence-corrected chi connectivity index (χ0v) is 13.7. The Kier molecular flexibility index (Phi) is 8.15. The molecule has 118 valence electrons. The lowest BCUT2D eigenvalue weighted by atomic mass is 10.0. The van der Waals surface area contributed by atoms with Crippen molar-refractivity contribution in [2.24, 2.45) is 5.92 Å². The summed E-state index contributed by atoms with van der Waals surface area (Å²) in [7, 11) is 0. The molecule has 4 nitrogen and oxygen atoms in total. The van der Waals surface area contributed by atoms with Gasteiger partial charge in [0.15, 0.2) is 0 Å². The molecular formula is C16H33N3O. The van der Waals surface area contributed by atoms with Crippen molar-refractivity contribution in [2.75, 3.05) is 26.2 Å². The van der Waals surface area contributed by atoms with Gasteiger partial charge in [-0.05, 0) is 38.8 Å². The molecule has 2 atom stereocenters. The SMILES string of the molecule is CCN(CC(=O)NC(C)CCCC(C)C)C1CCNC1. The van der Waals surface area contributed by atoms with Crippen molar-refractivity contribution in [3.8, 4) is 0 Å². The Balaban J connectivity index is 2.23. The molecular weight excluding hydrogens is 250 g/mol. The van der Waals surface area contributed by atoms with Gasteiger partial charge in [-0.15, -0.1) is 0 Å². The summed E-state index contributed by atoms with van der Waals surface area (Å²) in [5.74, 6) is 0.930. The maximum Gasteiger partial charge on any atom is 0.234 e. The molecule has 1 rings (SSSR count). The van der Waals surface area contributed by atoms with E-state index in [4.69, 9.17) is 0 Å². The number of likely N-dealkylation sites (N-methyl/N-ethyl adjacent to an activating group) is 1. The monoisotopic (exact) mass is 283 g/mol. The first kappa shape index (κ1) is 17.4. The second kappa shape index (κ2) is 9.35. The number of carbonyl (C=O) groups is 1.